The number of carboxylic acids is 1. The zero-order valence-electron chi connectivity index (χ0n) is 9.55. The van der Waals surface area contributed by atoms with Gasteiger partial charge >= 0.3 is 5.97 Å². The molecule has 4 atom stereocenters. The van der Waals surface area contributed by atoms with Crippen LogP contribution in [0.1, 0.15) is 20.3 Å². The molecule has 1 N–H and O–H groups in total. The van der Waals surface area contributed by atoms with Crippen molar-refractivity contribution in [2.45, 2.75) is 32.5 Å². The van der Waals surface area contributed by atoms with Crippen LogP contribution in [0.3, 0.4) is 0 Å². The molecular formula is C11H17NO4. The van der Waals surface area contributed by atoms with E-state index in [2.05, 4.69) is 0 Å². The fraction of sp³-hybridized carbons (Fsp3) is 0.818. The summed E-state index contributed by atoms with van der Waals surface area (Å²) in [6.07, 6.45) is 0.568. The molecule has 1 saturated heterocycles. The lowest BCUT2D eigenvalue weighted by atomic mass is 10.2. The third-order valence-electron chi connectivity index (χ3n) is 3.16. The van der Waals surface area contributed by atoms with Crippen LogP contribution in [0, 0.1) is 11.8 Å². The van der Waals surface area contributed by atoms with Crippen molar-refractivity contribution in [1.82, 2.24) is 4.90 Å². The Morgan fingerprint density at radius 1 is 1.19 bits per heavy atom. The van der Waals surface area contributed by atoms with E-state index >= 15 is 0 Å². The van der Waals surface area contributed by atoms with E-state index in [4.69, 9.17) is 9.84 Å². The van der Waals surface area contributed by atoms with Crippen molar-refractivity contribution in [2.75, 3.05) is 13.1 Å². The van der Waals surface area contributed by atoms with E-state index < -0.39 is 11.9 Å². The minimum absolute atomic E-state index is 0.0191. The summed E-state index contributed by atoms with van der Waals surface area (Å²) in [4.78, 5) is 24.4. The molecule has 1 aliphatic carbocycles. The molecule has 0 unspecified atom stereocenters. The van der Waals surface area contributed by atoms with Gasteiger partial charge in [0.25, 0.3) is 0 Å². The van der Waals surface area contributed by atoms with Crippen molar-refractivity contribution < 1.29 is 19.4 Å². The van der Waals surface area contributed by atoms with Crippen LogP contribution in [0.2, 0.25) is 0 Å². The molecule has 0 aromatic heterocycles. The number of aliphatic carboxylic acids is 1. The normalized spacial score (nSPS) is 38.2. The van der Waals surface area contributed by atoms with Crippen LogP contribution in [-0.4, -0.2) is 47.2 Å². The molecule has 1 aliphatic heterocycles. The molecule has 0 aromatic rings. The Kier molecular flexibility index (Phi) is 2.88. The van der Waals surface area contributed by atoms with Gasteiger partial charge in [-0.05, 0) is 20.3 Å². The first kappa shape index (κ1) is 11.4. The number of amides is 1. The molecule has 0 aromatic carbocycles. The molecule has 0 spiro atoms. The van der Waals surface area contributed by atoms with Crippen LogP contribution in [0.5, 0.6) is 0 Å². The quantitative estimate of drug-likeness (QED) is 0.739. The Morgan fingerprint density at radius 3 is 2.19 bits per heavy atom. The van der Waals surface area contributed by atoms with E-state index in [-0.39, 0.29) is 24.0 Å². The summed E-state index contributed by atoms with van der Waals surface area (Å²) in [5, 5.41) is 8.78. The highest BCUT2D eigenvalue weighted by Crippen LogP contribution is 2.40. The second kappa shape index (κ2) is 4.05. The number of rotatable bonds is 2. The lowest BCUT2D eigenvalue weighted by Crippen LogP contribution is -2.49. The Labute approximate surface area is 94.4 Å². The van der Waals surface area contributed by atoms with Crippen molar-refractivity contribution in [3.8, 4) is 0 Å². The van der Waals surface area contributed by atoms with Gasteiger partial charge in [0.2, 0.25) is 5.91 Å². The van der Waals surface area contributed by atoms with E-state index in [1.54, 1.807) is 4.90 Å². The van der Waals surface area contributed by atoms with Crippen molar-refractivity contribution in [2.24, 2.45) is 11.8 Å². The highest BCUT2D eigenvalue weighted by atomic mass is 16.5. The molecule has 90 valence electrons. The lowest BCUT2D eigenvalue weighted by molar-refractivity contribution is -0.147. The molecule has 5 nitrogen and oxygen atoms in total. The van der Waals surface area contributed by atoms with Crippen molar-refractivity contribution in [3.63, 3.8) is 0 Å². The molecule has 2 rings (SSSR count). The second-order valence-corrected chi connectivity index (χ2v) is 4.79. The smallest absolute Gasteiger partial charge is 0.307 e. The minimum Gasteiger partial charge on any atom is -0.481 e. The van der Waals surface area contributed by atoms with Gasteiger partial charge in [0.05, 0.1) is 24.0 Å². The highest BCUT2D eigenvalue weighted by molar-refractivity contribution is 5.89. The topological polar surface area (TPSA) is 66.8 Å². The van der Waals surface area contributed by atoms with Gasteiger partial charge < -0.3 is 14.7 Å². The van der Waals surface area contributed by atoms with Gasteiger partial charge in [-0.3, -0.25) is 9.59 Å². The van der Waals surface area contributed by atoms with E-state index in [1.807, 2.05) is 13.8 Å². The maximum absolute atomic E-state index is 12.0. The summed E-state index contributed by atoms with van der Waals surface area (Å²) in [6, 6.07) is 0. The first-order valence-corrected chi connectivity index (χ1v) is 5.66. The standard InChI is InChI=1S/C11H17NO4/c1-6-4-12(5-7(2)16-6)10(13)8-3-9(8)11(14)15/h6-9H,3-5H2,1-2H3,(H,14,15)/t6-,7+,8-,9+/m0/s1. The van der Waals surface area contributed by atoms with Crippen LogP contribution in [0.15, 0.2) is 0 Å². The predicted octanol–water partition coefficient (Wildman–Crippen LogP) is 0.343. The number of ether oxygens (including phenoxy) is 1. The summed E-state index contributed by atoms with van der Waals surface area (Å²) in [6.45, 7) is 5.01. The monoisotopic (exact) mass is 227 g/mol. The molecule has 1 saturated carbocycles. The molecule has 2 aliphatic rings. The predicted molar refractivity (Wildman–Crippen MR) is 55.8 cm³/mol. The second-order valence-electron chi connectivity index (χ2n) is 4.79. The van der Waals surface area contributed by atoms with Gasteiger partial charge in [-0.15, -0.1) is 0 Å². The summed E-state index contributed by atoms with van der Waals surface area (Å²) < 4.78 is 5.53. The van der Waals surface area contributed by atoms with Gasteiger partial charge in [-0.25, -0.2) is 0 Å². The molecule has 16 heavy (non-hydrogen) atoms. The van der Waals surface area contributed by atoms with E-state index in [1.165, 1.54) is 0 Å². The minimum atomic E-state index is -0.854. The largest absolute Gasteiger partial charge is 0.481 e. The Bertz CT molecular complexity index is 307. The summed E-state index contributed by atoms with van der Waals surface area (Å²) in [7, 11) is 0. The zero-order chi connectivity index (χ0) is 11.9. The number of nitrogens with zero attached hydrogens (tertiary/aromatic N) is 1. The molecule has 1 heterocycles. The lowest BCUT2D eigenvalue weighted by Gasteiger charge is -2.35. The molecular weight excluding hydrogens is 210 g/mol. The number of hydrogen-bond donors (Lipinski definition) is 1. The SMILES string of the molecule is C[C@@H]1CN(C(=O)[C@H]2C[C@H]2C(=O)O)C[C@H](C)O1. The van der Waals surface area contributed by atoms with Crippen molar-refractivity contribution in [1.29, 1.82) is 0 Å². The van der Waals surface area contributed by atoms with Gasteiger partial charge in [0, 0.05) is 13.1 Å². The third-order valence-corrected chi connectivity index (χ3v) is 3.16. The molecule has 2 fully saturated rings. The van der Waals surface area contributed by atoms with Gasteiger partial charge in [-0.2, -0.15) is 0 Å². The molecule has 0 radical (unpaired) electrons. The van der Waals surface area contributed by atoms with E-state index in [9.17, 15) is 9.59 Å². The maximum Gasteiger partial charge on any atom is 0.307 e. The van der Waals surface area contributed by atoms with Crippen LogP contribution in [0.25, 0.3) is 0 Å². The summed E-state index contributed by atoms with van der Waals surface area (Å²) in [5.41, 5.74) is 0. The van der Waals surface area contributed by atoms with Gasteiger partial charge in [0.1, 0.15) is 0 Å². The number of carbonyl (C=O) groups is 2. The van der Waals surface area contributed by atoms with Crippen molar-refractivity contribution >= 4 is 11.9 Å². The highest BCUT2D eigenvalue weighted by Gasteiger charge is 2.50. The first-order chi connectivity index (χ1) is 7.49. The Hall–Kier alpha value is -1.10. The van der Waals surface area contributed by atoms with Crippen LogP contribution >= 0.6 is 0 Å². The number of carboxylic acid groups (broad SMARTS) is 1. The molecule has 0 bridgehead atoms. The Morgan fingerprint density at radius 2 is 1.75 bits per heavy atom. The average molecular weight is 227 g/mol. The van der Waals surface area contributed by atoms with Crippen molar-refractivity contribution in [3.05, 3.63) is 0 Å². The van der Waals surface area contributed by atoms with Crippen LogP contribution < -0.4 is 0 Å². The zero-order valence-corrected chi connectivity index (χ0v) is 9.55. The number of morpholine rings is 1. The molecule has 1 amide bonds. The van der Waals surface area contributed by atoms with Gasteiger partial charge in [-0.1, -0.05) is 0 Å². The molecule has 5 heteroatoms. The van der Waals surface area contributed by atoms with E-state index in [0.717, 1.165) is 0 Å². The van der Waals surface area contributed by atoms with E-state index in [0.29, 0.717) is 19.5 Å². The number of carbonyl (C=O) groups excluding carboxylic acids is 1. The summed E-state index contributed by atoms with van der Waals surface area (Å²) >= 11 is 0. The first-order valence-electron chi connectivity index (χ1n) is 5.66. The van der Waals surface area contributed by atoms with Crippen LogP contribution in [-0.2, 0) is 14.3 Å². The number of hydrogen-bond acceptors (Lipinski definition) is 3. The van der Waals surface area contributed by atoms with Gasteiger partial charge in [0.15, 0.2) is 0 Å². The maximum atomic E-state index is 12.0. The summed E-state index contributed by atoms with van der Waals surface area (Å²) in [5.74, 6) is -1.63. The Balaban J connectivity index is 1.93. The fourth-order valence-corrected chi connectivity index (χ4v) is 2.33. The fourth-order valence-electron chi connectivity index (χ4n) is 2.33. The third kappa shape index (κ3) is 2.19. The average Bonchev–Trinajstić information content (AvgIpc) is 2.94. The van der Waals surface area contributed by atoms with Crippen LogP contribution in [0.4, 0.5) is 0 Å².